The van der Waals surface area contributed by atoms with Crippen LogP contribution in [0, 0.1) is 5.41 Å². The summed E-state index contributed by atoms with van der Waals surface area (Å²) in [5.41, 5.74) is 0.874. The van der Waals surface area contributed by atoms with E-state index in [1.54, 1.807) is 0 Å². The van der Waals surface area contributed by atoms with Crippen molar-refractivity contribution >= 4 is 27.5 Å². The van der Waals surface area contributed by atoms with Crippen LogP contribution in [0.4, 0.5) is 0 Å². The van der Waals surface area contributed by atoms with Crippen LogP contribution in [0.25, 0.3) is 0 Å². The Balaban J connectivity index is 2.82. The molecule has 3 heteroatoms. The maximum Gasteiger partial charge on any atom is 0.0629 e. The molecule has 1 N–H and O–H groups in total. The van der Waals surface area contributed by atoms with E-state index in [2.05, 4.69) is 15.9 Å². The molecular weight excluding hydrogens is 275 g/mol. The van der Waals surface area contributed by atoms with Gasteiger partial charge in [-0.3, -0.25) is 0 Å². The minimum atomic E-state index is -0.379. The van der Waals surface area contributed by atoms with Crippen LogP contribution >= 0.6 is 27.5 Å². The van der Waals surface area contributed by atoms with Gasteiger partial charge >= 0.3 is 0 Å². The summed E-state index contributed by atoms with van der Waals surface area (Å²) in [6.45, 7) is 6.05. The molecule has 0 saturated carbocycles. The molecule has 84 valence electrons. The maximum atomic E-state index is 9.96. The van der Waals surface area contributed by atoms with E-state index in [0.29, 0.717) is 11.4 Å². The van der Waals surface area contributed by atoms with E-state index in [0.717, 1.165) is 10.0 Å². The molecule has 0 radical (unpaired) electrons. The fraction of sp³-hybridized carbons (Fsp3) is 0.500. The first kappa shape index (κ1) is 13.0. The molecule has 0 amide bonds. The Morgan fingerprint density at radius 1 is 1.40 bits per heavy atom. The molecule has 0 bridgehead atoms. The average Bonchev–Trinajstić information content (AvgIpc) is 2.08. The molecule has 1 nitrogen and oxygen atoms in total. The van der Waals surface area contributed by atoms with Crippen molar-refractivity contribution in [3.05, 3.63) is 33.3 Å². The Hall–Kier alpha value is -0.0500. The maximum absolute atomic E-state index is 9.96. The van der Waals surface area contributed by atoms with Crippen molar-refractivity contribution in [2.75, 3.05) is 0 Å². The lowest BCUT2D eigenvalue weighted by Crippen LogP contribution is -2.28. The van der Waals surface area contributed by atoms with Crippen molar-refractivity contribution in [3.8, 4) is 0 Å². The van der Waals surface area contributed by atoms with Crippen molar-refractivity contribution in [2.45, 2.75) is 33.3 Å². The van der Waals surface area contributed by atoms with E-state index in [1.807, 2.05) is 39.0 Å². The van der Waals surface area contributed by atoms with Gasteiger partial charge in [0.05, 0.1) is 6.10 Å². The molecule has 0 saturated heterocycles. The third-order valence-electron chi connectivity index (χ3n) is 2.43. The first-order valence-electron chi connectivity index (χ1n) is 4.92. The second-order valence-electron chi connectivity index (χ2n) is 4.82. The zero-order chi connectivity index (χ0) is 11.6. The zero-order valence-electron chi connectivity index (χ0n) is 9.22. The molecule has 1 rings (SSSR count). The van der Waals surface area contributed by atoms with Gasteiger partial charge < -0.3 is 5.11 Å². The van der Waals surface area contributed by atoms with E-state index in [4.69, 9.17) is 11.6 Å². The van der Waals surface area contributed by atoms with Gasteiger partial charge in [-0.05, 0) is 23.1 Å². The normalized spacial score (nSPS) is 14.0. The van der Waals surface area contributed by atoms with Crippen LogP contribution in [-0.4, -0.2) is 11.2 Å². The molecule has 15 heavy (non-hydrogen) atoms. The van der Waals surface area contributed by atoms with E-state index in [9.17, 15) is 5.11 Å². The summed E-state index contributed by atoms with van der Waals surface area (Å²) in [5, 5.41) is 10.7. The van der Waals surface area contributed by atoms with E-state index in [1.165, 1.54) is 0 Å². The number of aliphatic hydroxyl groups is 1. The first-order chi connectivity index (χ1) is 6.80. The Kier molecular flexibility index (Phi) is 4.21. The van der Waals surface area contributed by atoms with Gasteiger partial charge in [0.1, 0.15) is 0 Å². The van der Waals surface area contributed by atoms with Crippen molar-refractivity contribution < 1.29 is 5.11 Å². The zero-order valence-corrected chi connectivity index (χ0v) is 11.6. The molecule has 0 aliphatic heterocycles. The standard InChI is InChI=1S/C12H16BrClO/c1-12(2,3)11(15)6-8-4-5-9(13)7-10(8)14/h4-5,7,11,15H,6H2,1-3H3. The smallest absolute Gasteiger partial charge is 0.0629 e. The first-order valence-corrected chi connectivity index (χ1v) is 6.10. The predicted octanol–water partition coefficient (Wildman–Crippen LogP) is 4.05. The summed E-state index contributed by atoms with van der Waals surface area (Å²) >= 11 is 9.44. The van der Waals surface area contributed by atoms with Gasteiger partial charge in [-0.1, -0.05) is 54.4 Å². The molecule has 1 atom stereocenters. The van der Waals surface area contributed by atoms with Gasteiger partial charge in [0.25, 0.3) is 0 Å². The van der Waals surface area contributed by atoms with Gasteiger partial charge in [0.2, 0.25) is 0 Å². The quantitative estimate of drug-likeness (QED) is 0.871. The molecule has 1 aromatic carbocycles. The van der Waals surface area contributed by atoms with Crippen molar-refractivity contribution in [3.63, 3.8) is 0 Å². The van der Waals surface area contributed by atoms with Crippen LogP contribution in [0.2, 0.25) is 5.02 Å². The molecule has 0 heterocycles. The topological polar surface area (TPSA) is 20.2 Å². The van der Waals surface area contributed by atoms with Gasteiger partial charge in [0.15, 0.2) is 0 Å². The Morgan fingerprint density at radius 3 is 2.47 bits per heavy atom. The molecule has 1 unspecified atom stereocenters. The van der Waals surface area contributed by atoms with Crippen LogP contribution in [0.3, 0.4) is 0 Å². The predicted molar refractivity (Wildman–Crippen MR) is 68.3 cm³/mol. The highest BCUT2D eigenvalue weighted by Gasteiger charge is 2.22. The summed E-state index contributed by atoms with van der Waals surface area (Å²) in [4.78, 5) is 0. The van der Waals surface area contributed by atoms with Gasteiger partial charge in [-0.25, -0.2) is 0 Å². The number of rotatable bonds is 2. The van der Waals surface area contributed by atoms with Crippen molar-refractivity contribution in [1.29, 1.82) is 0 Å². The Morgan fingerprint density at radius 2 is 2.00 bits per heavy atom. The minimum absolute atomic E-state index is 0.115. The van der Waals surface area contributed by atoms with Gasteiger partial charge in [-0.2, -0.15) is 0 Å². The van der Waals surface area contributed by atoms with E-state index in [-0.39, 0.29) is 11.5 Å². The molecule has 1 aromatic rings. The lowest BCUT2D eigenvalue weighted by atomic mass is 9.85. The second-order valence-corrected chi connectivity index (χ2v) is 6.14. The van der Waals surface area contributed by atoms with Crippen LogP contribution in [-0.2, 0) is 6.42 Å². The van der Waals surface area contributed by atoms with Crippen LogP contribution < -0.4 is 0 Å². The minimum Gasteiger partial charge on any atom is -0.392 e. The second kappa shape index (κ2) is 4.86. The highest BCUT2D eigenvalue weighted by atomic mass is 79.9. The Bertz CT molecular complexity index is 344. The van der Waals surface area contributed by atoms with Gasteiger partial charge in [0, 0.05) is 15.9 Å². The summed E-state index contributed by atoms with van der Waals surface area (Å²) in [5.74, 6) is 0. The highest BCUT2D eigenvalue weighted by molar-refractivity contribution is 9.10. The van der Waals surface area contributed by atoms with E-state index < -0.39 is 0 Å². The summed E-state index contributed by atoms with van der Waals surface area (Å²) in [6, 6.07) is 5.74. The van der Waals surface area contributed by atoms with E-state index >= 15 is 0 Å². The fourth-order valence-corrected chi connectivity index (χ4v) is 1.95. The highest BCUT2D eigenvalue weighted by Crippen LogP contribution is 2.27. The number of halogens is 2. The number of hydrogen-bond acceptors (Lipinski definition) is 1. The van der Waals surface area contributed by atoms with Crippen molar-refractivity contribution in [2.24, 2.45) is 5.41 Å². The lowest BCUT2D eigenvalue weighted by molar-refractivity contribution is 0.0636. The van der Waals surface area contributed by atoms with Crippen molar-refractivity contribution in [1.82, 2.24) is 0 Å². The van der Waals surface area contributed by atoms with Crippen LogP contribution in [0.1, 0.15) is 26.3 Å². The lowest BCUT2D eigenvalue weighted by Gasteiger charge is -2.26. The largest absolute Gasteiger partial charge is 0.392 e. The molecule has 0 aliphatic rings. The van der Waals surface area contributed by atoms with Crippen LogP contribution in [0.5, 0.6) is 0 Å². The molecule has 0 aliphatic carbocycles. The Labute approximate surface area is 105 Å². The summed E-state index contributed by atoms with van der Waals surface area (Å²) in [7, 11) is 0. The fourth-order valence-electron chi connectivity index (χ4n) is 1.20. The number of hydrogen-bond donors (Lipinski definition) is 1. The third kappa shape index (κ3) is 3.78. The molecule has 0 spiro atoms. The number of aliphatic hydroxyl groups excluding tert-OH is 1. The summed E-state index contributed by atoms with van der Waals surface area (Å²) in [6.07, 6.45) is 0.214. The molecule has 0 aromatic heterocycles. The summed E-state index contributed by atoms with van der Waals surface area (Å²) < 4.78 is 0.960. The monoisotopic (exact) mass is 290 g/mol. The average molecular weight is 292 g/mol. The molecular formula is C12H16BrClO. The SMILES string of the molecule is CC(C)(C)C(O)Cc1ccc(Br)cc1Cl. The molecule has 0 fully saturated rings. The van der Waals surface area contributed by atoms with Crippen LogP contribution in [0.15, 0.2) is 22.7 Å². The van der Waals surface area contributed by atoms with Gasteiger partial charge in [-0.15, -0.1) is 0 Å². The third-order valence-corrected chi connectivity index (χ3v) is 3.27. The number of benzene rings is 1.